The highest BCUT2D eigenvalue weighted by Crippen LogP contribution is 2.05. The summed E-state index contributed by atoms with van der Waals surface area (Å²) in [5.74, 6) is -0.184. The molecule has 54 valence electrons. The van der Waals surface area contributed by atoms with E-state index >= 15 is 0 Å². The van der Waals surface area contributed by atoms with E-state index in [1.165, 1.54) is 0 Å². The molecule has 0 aromatic rings. The van der Waals surface area contributed by atoms with Crippen LogP contribution in [0, 0.1) is 0 Å². The Bertz CT molecular complexity index is 95.0. The molecule has 0 aromatic carbocycles. The first-order valence-electron chi connectivity index (χ1n) is 2.60. The fourth-order valence-corrected chi connectivity index (χ4v) is 0.598. The van der Waals surface area contributed by atoms with E-state index in [0.29, 0.717) is 11.8 Å². The Morgan fingerprint density at radius 3 is 2.67 bits per heavy atom. The Labute approximate surface area is 71.2 Å². The molecule has 0 heterocycles. The van der Waals surface area contributed by atoms with Gasteiger partial charge in [-0.1, -0.05) is 22.9 Å². The van der Waals surface area contributed by atoms with Crippen molar-refractivity contribution in [3.8, 4) is 0 Å². The monoisotopic (exact) mass is 258 g/mol. The van der Waals surface area contributed by atoms with Crippen LogP contribution in [0.1, 0.15) is 13.3 Å². The smallest absolute Gasteiger partial charge is 0.306 e. The first-order valence-corrected chi connectivity index (χ1v) is 4.64. The summed E-state index contributed by atoms with van der Waals surface area (Å²) in [6, 6.07) is 0. The van der Waals surface area contributed by atoms with Gasteiger partial charge in [-0.15, -0.1) is 0 Å². The summed E-state index contributed by atoms with van der Waals surface area (Å²) in [7, 11) is 0. The Morgan fingerprint density at radius 1 is 1.78 bits per heavy atom. The summed E-state index contributed by atoms with van der Waals surface area (Å²) in [5, 5.41) is 0.434. The van der Waals surface area contributed by atoms with Crippen molar-refractivity contribution in [3.63, 3.8) is 0 Å². The highest BCUT2D eigenvalue weighted by atomic mass is 79.9. The van der Waals surface area contributed by atoms with Gasteiger partial charge in [0.05, 0.1) is 5.33 Å². The number of carbonyl (C=O) groups excluding carboxylic acids is 1. The van der Waals surface area contributed by atoms with Crippen molar-refractivity contribution in [1.29, 1.82) is 0 Å². The number of halogens is 2. The van der Waals surface area contributed by atoms with Crippen LogP contribution in [0.25, 0.3) is 0 Å². The lowest BCUT2D eigenvalue weighted by molar-refractivity contribution is -0.143. The molecule has 0 saturated carbocycles. The summed E-state index contributed by atoms with van der Waals surface area (Å²) < 4.78 is 4.78. The number of carbonyl (C=O) groups is 1. The second-order valence-electron chi connectivity index (χ2n) is 1.41. The third-order valence-electron chi connectivity index (χ3n) is 0.669. The molecular weight excluding hydrogens is 252 g/mol. The zero-order chi connectivity index (χ0) is 7.28. The van der Waals surface area contributed by atoms with Gasteiger partial charge < -0.3 is 4.74 Å². The zero-order valence-corrected chi connectivity index (χ0v) is 8.24. The largest absolute Gasteiger partial charge is 0.450 e. The summed E-state index contributed by atoms with van der Waals surface area (Å²) >= 11 is 6.28. The molecule has 0 aromatic heterocycles. The van der Waals surface area contributed by atoms with Crippen LogP contribution in [-0.4, -0.2) is 16.3 Å². The lowest BCUT2D eigenvalue weighted by atomic mass is 10.5. The molecule has 0 bridgehead atoms. The normalized spacial score (nSPS) is 12.8. The molecule has 2 nitrogen and oxygen atoms in total. The van der Waals surface area contributed by atoms with Crippen molar-refractivity contribution >= 4 is 37.8 Å². The van der Waals surface area contributed by atoms with Crippen molar-refractivity contribution < 1.29 is 9.53 Å². The molecule has 0 N–H and O–H groups in total. The quantitative estimate of drug-likeness (QED) is 0.573. The van der Waals surface area contributed by atoms with E-state index in [4.69, 9.17) is 4.74 Å². The molecule has 0 aliphatic carbocycles. The van der Waals surface area contributed by atoms with Crippen LogP contribution < -0.4 is 0 Å². The number of hydrogen-bond donors (Lipinski definition) is 0. The maximum atomic E-state index is 10.5. The molecule has 0 spiro atoms. The Morgan fingerprint density at radius 2 is 2.33 bits per heavy atom. The van der Waals surface area contributed by atoms with E-state index in [1.807, 2.05) is 0 Å². The van der Waals surface area contributed by atoms with Crippen molar-refractivity contribution in [3.05, 3.63) is 0 Å². The number of esters is 1. The van der Waals surface area contributed by atoms with Crippen LogP contribution >= 0.6 is 31.9 Å². The fourth-order valence-electron chi connectivity index (χ4n) is 0.257. The van der Waals surface area contributed by atoms with Gasteiger partial charge in [0, 0.05) is 6.42 Å². The lowest BCUT2D eigenvalue weighted by Crippen LogP contribution is -2.11. The molecule has 0 aliphatic rings. The average Bonchev–Trinajstić information content (AvgIpc) is 1.87. The van der Waals surface area contributed by atoms with Crippen molar-refractivity contribution in [2.24, 2.45) is 0 Å². The van der Waals surface area contributed by atoms with Gasteiger partial charge >= 0.3 is 5.97 Å². The third kappa shape index (κ3) is 4.90. The molecule has 0 saturated heterocycles. The summed E-state index contributed by atoms with van der Waals surface area (Å²) in [6.45, 7) is 1.76. The van der Waals surface area contributed by atoms with Crippen molar-refractivity contribution in [2.45, 2.75) is 18.4 Å². The van der Waals surface area contributed by atoms with Gasteiger partial charge in [0.1, 0.15) is 0 Å². The highest BCUT2D eigenvalue weighted by molar-refractivity contribution is 9.12. The molecule has 0 fully saturated rings. The molecule has 1 atom stereocenters. The number of rotatable bonds is 3. The zero-order valence-electron chi connectivity index (χ0n) is 5.06. The molecule has 9 heavy (non-hydrogen) atoms. The predicted molar refractivity (Wildman–Crippen MR) is 42.9 cm³/mol. The Kier molecular flexibility index (Phi) is 5.48. The number of hydrogen-bond acceptors (Lipinski definition) is 2. The molecular formula is C5H8Br2O2. The lowest BCUT2D eigenvalue weighted by Gasteiger charge is -2.05. The van der Waals surface area contributed by atoms with Crippen LogP contribution in [0.15, 0.2) is 0 Å². The second-order valence-corrected chi connectivity index (χ2v) is 3.08. The minimum atomic E-state index is -0.190. The molecule has 4 heteroatoms. The molecule has 0 radical (unpaired) electrons. The first kappa shape index (κ1) is 9.43. The topological polar surface area (TPSA) is 26.3 Å². The average molecular weight is 260 g/mol. The van der Waals surface area contributed by atoms with Gasteiger partial charge in [0.2, 0.25) is 0 Å². The highest BCUT2D eigenvalue weighted by Gasteiger charge is 2.05. The standard InChI is InChI=1S/C5H8Br2O2/c1-2-5(8)9-4(7)3-6/h4H,2-3H2,1H3. The van der Waals surface area contributed by atoms with E-state index in [2.05, 4.69) is 31.9 Å². The van der Waals surface area contributed by atoms with Gasteiger partial charge in [-0.05, 0) is 15.9 Å². The van der Waals surface area contributed by atoms with Crippen LogP contribution in [0.4, 0.5) is 0 Å². The molecule has 0 rings (SSSR count). The third-order valence-corrected chi connectivity index (χ3v) is 2.64. The summed E-state index contributed by atoms with van der Waals surface area (Å²) in [5.41, 5.74) is 0. The summed E-state index contributed by atoms with van der Waals surface area (Å²) in [6.07, 6.45) is 0.426. The van der Waals surface area contributed by atoms with E-state index in [9.17, 15) is 4.79 Å². The Hall–Kier alpha value is 0.430. The van der Waals surface area contributed by atoms with Crippen LogP contribution in [0.5, 0.6) is 0 Å². The predicted octanol–water partition coefficient (Wildman–Crippen LogP) is 2.06. The minimum Gasteiger partial charge on any atom is -0.450 e. The van der Waals surface area contributed by atoms with E-state index in [0.717, 1.165) is 0 Å². The van der Waals surface area contributed by atoms with E-state index in [1.54, 1.807) is 6.92 Å². The Balaban J connectivity index is 3.34. The maximum absolute atomic E-state index is 10.5. The maximum Gasteiger partial charge on any atom is 0.306 e. The van der Waals surface area contributed by atoms with Gasteiger partial charge in [0.25, 0.3) is 0 Å². The SMILES string of the molecule is CCC(=O)OC(Br)CBr. The van der Waals surface area contributed by atoms with Gasteiger partial charge in [0.15, 0.2) is 5.01 Å². The molecule has 0 amide bonds. The van der Waals surface area contributed by atoms with Crippen molar-refractivity contribution in [1.82, 2.24) is 0 Å². The van der Waals surface area contributed by atoms with Crippen LogP contribution in [0.3, 0.4) is 0 Å². The number of alkyl halides is 2. The molecule has 0 aliphatic heterocycles. The van der Waals surface area contributed by atoms with E-state index in [-0.39, 0.29) is 11.0 Å². The van der Waals surface area contributed by atoms with E-state index < -0.39 is 0 Å². The van der Waals surface area contributed by atoms with Crippen molar-refractivity contribution in [2.75, 3.05) is 5.33 Å². The van der Waals surface area contributed by atoms with Crippen LogP contribution in [0.2, 0.25) is 0 Å². The van der Waals surface area contributed by atoms with Gasteiger partial charge in [-0.3, -0.25) is 4.79 Å². The molecule has 1 unspecified atom stereocenters. The summed E-state index contributed by atoms with van der Waals surface area (Å²) in [4.78, 5) is 10.5. The first-order chi connectivity index (χ1) is 4.20. The minimum absolute atomic E-state index is 0.184. The van der Waals surface area contributed by atoms with Gasteiger partial charge in [-0.25, -0.2) is 0 Å². The second kappa shape index (κ2) is 5.23. The number of ether oxygens (including phenoxy) is 1. The van der Waals surface area contributed by atoms with Crippen LogP contribution in [-0.2, 0) is 9.53 Å². The fraction of sp³-hybridized carbons (Fsp3) is 0.800. The van der Waals surface area contributed by atoms with Gasteiger partial charge in [-0.2, -0.15) is 0 Å².